The van der Waals surface area contributed by atoms with E-state index in [2.05, 4.69) is 5.32 Å². The van der Waals surface area contributed by atoms with Crippen molar-refractivity contribution in [3.05, 3.63) is 70.8 Å². The number of ketones is 1. The molecule has 232 valence electrons. The molecule has 2 saturated heterocycles. The van der Waals surface area contributed by atoms with Crippen LogP contribution < -0.4 is 5.32 Å². The maximum atomic E-state index is 13.5. The van der Waals surface area contributed by atoms with E-state index >= 15 is 0 Å². The Bertz CT molecular complexity index is 1340. The number of halogens is 6. The molecule has 5 rings (SSSR count). The highest BCUT2D eigenvalue weighted by Gasteiger charge is 2.52. The molecule has 2 amide bonds. The number of hydrogen-bond acceptors (Lipinski definition) is 4. The lowest BCUT2D eigenvalue weighted by molar-refractivity contribution is -0.157. The van der Waals surface area contributed by atoms with Crippen LogP contribution in [0.1, 0.15) is 73.6 Å². The van der Waals surface area contributed by atoms with E-state index < -0.39 is 63.5 Å². The number of ether oxygens (including phenoxy) is 1. The number of rotatable bonds is 5. The van der Waals surface area contributed by atoms with Gasteiger partial charge in [0.15, 0.2) is 0 Å². The van der Waals surface area contributed by atoms with Crippen molar-refractivity contribution in [2.45, 2.75) is 75.3 Å². The fraction of sp³-hybridized carbons (Fsp3) is 0.516. The van der Waals surface area contributed by atoms with Crippen LogP contribution >= 0.6 is 0 Å². The van der Waals surface area contributed by atoms with Crippen LogP contribution in [0.2, 0.25) is 0 Å². The maximum Gasteiger partial charge on any atom is 0.416 e. The summed E-state index contributed by atoms with van der Waals surface area (Å²) in [5.74, 6) is -3.01. The van der Waals surface area contributed by atoms with Crippen LogP contribution in [0.3, 0.4) is 0 Å². The number of Topliss-reactive ketones (excluding diaryl/α,β-unsaturated/α-hetero) is 1. The van der Waals surface area contributed by atoms with Crippen LogP contribution in [0, 0.1) is 5.41 Å². The maximum absolute atomic E-state index is 13.5. The molecule has 2 aromatic rings. The molecule has 0 radical (unpaired) electrons. The van der Waals surface area contributed by atoms with Gasteiger partial charge in [0.1, 0.15) is 0 Å². The summed E-state index contributed by atoms with van der Waals surface area (Å²) in [5, 5.41) is 2.96. The Kier molecular flexibility index (Phi) is 8.12. The molecule has 0 bridgehead atoms. The van der Waals surface area contributed by atoms with E-state index in [0.717, 1.165) is 5.56 Å². The minimum atomic E-state index is -5.03. The van der Waals surface area contributed by atoms with Gasteiger partial charge in [-0.2, -0.15) is 26.3 Å². The lowest BCUT2D eigenvalue weighted by Crippen LogP contribution is -2.58. The van der Waals surface area contributed by atoms with Gasteiger partial charge in [-0.3, -0.25) is 14.4 Å². The molecule has 2 heterocycles. The first-order valence-electron chi connectivity index (χ1n) is 14.3. The molecule has 6 nitrogen and oxygen atoms in total. The zero-order chi connectivity index (χ0) is 31.2. The number of carbonyl (C=O) groups excluding carboxylic acids is 3. The molecule has 1 spiro atoms. The molecule has 2 atom stereocenters. The van der Waals surface area contributed by atoms with Gasteiger partial charge in [0.05, 0.1) is 34.6 Å². The highest BCUT2D eigenvalue weighted by Crippen LogP contribution is 2.43. The fourth-order valence-corrected chi connectivity index (χ4v) is 6.61. The number of alkyl halides is 6. The van der Waals surface area contributed by atoms with Crippen molar-refractivity contribution in [3.63, 3.8) is 0 Å². The molecule has 2 aliphatic heterocycles. The van der Waals surface area contributed by atoms with Crippen molar-refractivity contribution < 1.29 is 45.5 Å². The predicted molar refractivity (Wildman–Crippen MR) is 143 cm³/mol. The first-order chi connectivity index (χ1) is 20.2. The van der Waals surface area contributed by atoms with E-state index in [-0.39, 0.29) is 18.7 Å². The van der Waals surface area contributed by atoms with Crippen molar-refractivity contribution in [2.24, 2.45) is 5.41 Å². The molecular formula is C31H32F6N2O4. The standard InChI is InChI=1S/C31H32F6N2O4/c1-19(20-15-22(30(32,33)34)17-23(16-20)31(35,36)37)26(41)38-29(21-5-3-2-4-6-21)9-7-24(8-10-29)39-13-11-28(12-14-43-18-28)25(40)27(39)42/h2-6,15-17,19,24H,7-14,18H2,1H3,(H,38,41)/t19?,24-,28?,29-. The molecule has 3 aliphatic rings. The number of nitrogens with zero attached hydrogens (tertiary/aromatic N) is 1. The third-order valence-electron chi connectivity index (χ3n) is 9.31. The fourth-order valence-electron chi connectivity index (χ4n) is 6.61. The molecule has 12 heteroatoms. The third kappa shape index (κ3) is 6.03. The summed E-state index contributed by atoms with van der Waals surface area (Å²) in [4.78, 5) is 41.3. The number of nitrogens with one attached hydrogen (secondary N) is 1. The predicted octanol–water partition coefficient (Wildman–Crippen LogP) is 5.99. The number of hydrogen-bond donors (Lipinski definition) is 1. The lowest BCUT2D eigenvalue weighted by atomic mass is 9.72. The van der Waals surface area contributed by atoms with Gasteiger partial charge < -0.3 is 15.0 Å². The first kappa shape index (κ1) is 31.0. The van der Waals surface area contributed by atoms with Crippen molar-refractivity contribution in [3.8, 4) is 0 Å². The highest BCUT2D eigenvalue weighted by molar-refractivity contribution is 6.38. The van der Waals surface area contributed by atoms with Crippen molar-refractivity contribution in [2.75, 3.05) is 19.8 Å². The van der Waals surface area contributed by atoms with Gasteiger partial charge in [0.2, 0.25) is 11.7 Å². The second-order valence-electron chi connectivity index (χ2n) is 11.9. The average molecular weight is 611 g/mol. The Balaban J connectivity index is 1.37. The summed E-state index contributed by atoms with van der Waals surface area (Å²) in [7, 11) is 0. The summed E-state index contributed by atoms with van der Waals surface area (Å²) >= 11 is 0. The Hall–Kier alpha value is -3.41. The molecule has 0 aromatic heterocycles. The molecule has 2 unspecified atom stereocenters. The molecular weight excluding hydrogens is 578 g/mol. The van der Waals surface area contributed by atoms with Gasteiger partial charge >= 0.3 is 12.4 Å². The summed E-state index contributed by atoms with van der Waals surface area (Å²) in [6.45, 7) is 2.37. The van der Waals surface area contributed by atoms with Crippen LogP contribution in [-0.4, -0.2) is 48.3 Å². The molecule has 43 heavy (non-hydrogen) atoms. The number of benzene rings is 2. The monoisotopic (exact) mass is 610 g/mol. The molecule has 2 aromatic carbocycles. The average Bonchev–Trinajstić information content (AvgIpc) is 3.45. The smallest absolute Gasteiger partial charge is 0.380 e. The van der Waals surface area contributed by atoms with Gasteiger partial charge in [-0.05, 0) is 74.8 Å². The lowest BCUT2D eigenvalue weighted by Gasteiger charge is -2.47. The topological polar surface area (TPSA) is 75.7 Å². The molecule has 1 aliphatic carbocycles. The summed E-state index contributed by atoms with van der Waals surface area (Å²) in [6.07, 6.45) is -7.45. The van der Waals surface area contributed by atoms with E-state index in [1.165, 1.54) is 6.92 Å². The number of piperidine rings is 1. The quantitative estimate of drug-likeness (QED) is 0.334. The van der Waals surface area contributed by atoms with Crippen molar-refractivity contribution >= 4 is 17.6 Å². The Labute approximate surface area is 244 Å². The van der Waals surface area contributed by atoms with Gasteiger partial charge in [-0.25, -0.2) is 0 Å². The number of amides is 2. The second kappa shape index (κ2) is 11.3. The first-order valence-corrected chi connectivity index (χ1v) is 14.3. The molecule has 1 N–H and O–H groups in total. The summed E-state index contributed by atoms with van der Waals surface area (Å²) < 4.78 is 86.2. The Morgan fingerprint density at radius 2 is 1.53 bits per heavy atom. The van der Waals surface area contributed by atoms with Crippen LogP contribution in [-0.2, 0) is 37.0 Å². The van der Waals surface area contributed by atoms with E-state index in [9.17, 15) is 40.7 Å². The van der Waals surface area contributed by atoms with Crippen molar-refractivity contribution in [1.29, 1.82) is 0 Å². The minimum Gasteiger partial charge on any atom is -0.380 e. The Morgan fingerprint density at radius 1 is 0.930 bits per heavy atom. The normalized spacial score (nSPS) is 27.4. The molecule has 3 fully saturated rings. The Morgan fingerprint density at radius 3 is 2.07 bits per heavy atom. The van der Waals surface area contributed by atoms with Crippen LogP contribution in [0.5, 0.6) is 0 Å². The van der Waals surface area contributed by atoms with Gasteiger partial charge in [-0.1, -0.05) is 30.3 Å². The number of likely N-dealkylation sites (tertiary alicyclic amines) is 1. The number of carbonyl (C=O) groups is 3. The SMILES string of the molecule is CC(C(=O)N[C@]1(c2ccccc2)CC[C@@H](N2CCC3(CCOC3)C(=O)C2=O)CC1)c1cc(C(F)(F)F)cc(C(F)(F)F)c1. The summed E-state index contributed by atoms with van der Waals surface area (Å²) in [5.41, 5.74) is -4.36. The van der Waals surface area contributed by atoms with E-state index in [0.29, 0.717) is 63.8 Å². The third-order valence-corrected chi connectivity index (χ3v) is 9.31. The van der Waals surface area contributed by atoms with E-state index in [4.69, 9.17) is 4.74 Å². The second-order valence-corrected chi connectivity index (χ2v) is 11.9. The summed E-state index contributed by atoms with van der Waals surface area (Å²) in [6, 6.07) is 9.88. The highest BCUT2D eigenvalue weighted by atomic mass is 19.4. The van der Waals surface area contributed by atoms with Crippen LogP contribution in [0.15, 0.2) is 48.5 Å². The van der Waals surface area contributed by atoms with Gasteiger partial charge in [0.25, 0.3) is 5.91 Å². The van der Waals surface area contributed by atoms with Crippen molar-refractivity contribution in [1.82, 2.24) is 10.2 Å². The van der Waals surface area contributed by atoms with E-state index in [1.54, 1.807) is 35.2 Å². The van der Waals surface area contributed by atoms with Gasteiger partial charge in [-0.15, -0.1) is 0 Å². The van der Waals surface area contributed by atoms with Gasteiger partial charge in [0, 0.05) is 19.2 Å². The van der Waals surface area contributed by atoms with Crippen LogP contribution in [0.4, 0.5) is 26.3 Å². The zero-order valence-electron chi connectivity index (χ0n) is 23.5. The van der Waals surface area contributed by atoms with Crippen LogP contribution in [0.25, 0.3) is 0 Å². The molecule has 1 saturated carbocycles. The van der Waals surface area contributed by atoms with E-state index in [1.807, 2.05) is 0 Å². The minimum absolute atomic E-state index is 0.0368. The largest absolute Gasteiger partial charge is 0.416 e. The zero-order valence-corrected chi connectivity index (χ0v) is 23.5.